The first kappa shape index (κ1) is 29.0. The maximum absolute atomic E-state index is 15.0. The van der Waals surface area contributed by atoms with E-state index in [1.54, 1.807) is 22.3 Å². The molecule has 1 aromatic carbocycles. The number of carbonyl (C=O) groups is 1. The number of urea groups is 1. The molecular formula is C32H39F2N5O2S. The summed E-state index contributed by atoms with van der Waals surface area (Å²) in [5, 5.41) is 1.99. The highest BCUT2D eigenvalue weighted by Crippen LogP contribution is 2.41. The summed E-state index contributed by atoms with van der Waals surface area (Å²) in [4.78, 5) is 39.8. The molecule has 3 fully saturated rings. The lowest BCUT2D eigenvalue weighted by Gasteiger charge is -2.51. The van der Waals surface area contributed by atoms with Gasteiger partial charge in [-0.05, 0) is 69.4 Å². The van der Waals surface area contributed by atoms with Gasteiger partial charge in [0.1, 0.15) is 11.6 Å². The summed E-state index contributed by atoms with van der Waals surface area (Å²) in [6.07, 6.45) is 7.26. The largest absolute Gasteiger partial charge is 0.360 e. The Morgan fingerprint density at radius 2 is 1.93 bits per heavy atom. The van der Waals surface area contributed by atoms with Crippen LogP contribution in [0.5, 0.6) is 0 Å². The summed E-state index contributed by atoms with van der Waals surface area (Å²) in [6, 6.07) is 8.71. The third-order valence-electron chi connectivity index (χ3n) is 9.61. The van der Waals surface area contributed by atoms with Gasteiger partial charge >= 0.3 is 6.03 Å². The van der Waals surface area contributed by atoms with Crippen molar-refractivity contribution < 1.29 is 13.6 Å². The van der Waals surface area contributed by atoms with Gasteiger partial charge in [-0.3, -0.25) is 9.69 Å². The number of amides is 2. The van der Waals surface area contributed by atoms with E-state index in [0.29, 0.717) is 39.1 Å². The number of H-pyrrole nitrogens is 1. The predicted octanol–water partition coefficient (Wildman–Crippen LogP) is 5.70. The molecule has 42 heavy (non-hydrogen) atoms. The molecule has 1 N–H and O–H groups in total. The highest BCUT2D eigenvalue weighted by molar-refractivity contribution is 7.13. The van der Waals surface area contributed by atoms with E-state index in [2.05, 4.69) is 14.8 Å². The molecule has 3 aliphatic rings. The molecule has 10 heteroatoms. The Kier molecular flexibility index (Phi) is 8.22. The molecular weight excluding hydrogens is 556 g/mol. The van der Waals surface area contributed by atoms with Crippen LogP contribution >= 0.6 is 11.3 Å². The van der Waals surface area contributed by atoms with Crippen molar-refractivity contribution in [2.75, 3.05) is 40.3 Å². The average molecular weight is 596 g/mol. The van der Waals surface area contributed by atoms with Crippen molar-refractivity contribution in [1.29, 1.82) is 0 Å². The molecule has 2 saturated heterocycles. The third kappa shape index (κ3) is 5.64. The van der Waals surface area contributed by atoms with E-state index in [4.69, 9.17) is 0 Å². The van der Waals surface area contributed by atoms with Gasteiger partial charge in [0.05, 0.1) is 16.6 Å². The van der Waals surface area contributed by atoms with Crippen LogP contribution in [0.1, 0.15) is 55.7 Å². The normalized spacial score (nSPS) is 22.8. The molecule has 1 spiro atoms. The number of piperidine rings is 1. The van der Waals surface area contributed by atoms with Gasteiger partial charge < -0.3 is 19.7 Å². The minimum atomic E-state index is -0.535. The summed E-state index contributed by atoms with van der Waals surface area (Å²) in [6.45, 7) is 2.78. The van der Waals surface area contributed by atoms with E-state index in [-0.39, 0.29) is 28.6 Å². The van der Waals surface area contributed by atoms with Gasteiger partial charge in [0.15, 0.2) is 5.43 Å². The monoisotopic (exact) mass is 595 g/mol. The van der Waals surface area contributed by atoms with E-state index >= 15 is 4.39 Å². The van der Waals surface area contributed by atoms with Gasteiger partial charge in [0.25, 0.3) is 0 Å². The van der Waals surface area contributed by atoms with Gasteiger partial charge in [-0.25, -0.2) is 13.6 Å². The van der Waals surface area contributed by atoms with Crippen LogP contribution in [0.2, 0.25) is 0 Å². The molecule has 2 aliphatic heterocycles. The Morgan fingerprint density at radius 1 is 1.12 bits per heavy atom. The molecule has 7 nitrogen and oxygen atoms in total. The minimum Gasteiger partial charge on any atom is -0.360 e. The SMILES string of the molecule is CN(C)[C@@H]1CCN(C(=O)N2CCN(Cc3c[nH]c(-c4cccs4)cc3=O)C3(CCCC3)C2)[C@H](c2cc(F)ccc2F)C1. The number of piperazine rings is 1. The number of hydrogen-bond donors (Lipinski definition) is 1. The topological polar surface area (TPSA) is 62.9 Å². The lowest BCUT2D eigenvalue weighted by atomic mass is 9.89. The summed E-state index contributed by atoms with van der Waals surface area (Å²) < 4.78 is 29.3. The smallest absolute Gasteiger partial charge is 0.320 e. The number of benzene rings is 1. The van der Waals surface area contributed by atoms with Crippen LogP contribution in [0.4, 0.5) is 13.6 Å². The molecule has 2 aromatic heterocycles. The molecule has 2 atom stereocenters. The first-order chi connectivity index (χ1) is 20.2. The zero-order valence-corrected chi connectivity index (χ0v) is 25.1. The second-order valence-corrected chi connectivity index (χ2v) is 13.2. The van der Waals surface area contributed by atoms with Crippen molar-refractivity contribution in [2.45, 2.75) is 62.7 Å². The van der Waals surface area contributed by atoms with Crippen molar-refractivity contribution >= 4 is 17.4 Å². The Balaban J connectivity index is 1.22. The van der Waals surface area contributed by atoms with Crippen LogP contribution in [-0.2, 0) is 6.54 Å². The van der Waals surface area contributed by atoms with E-state index < -0.39 is 17.7 Å². The lowest BCUT2D eigenvalue weighted by Crippen LogP contribution is -2.64. The molecule has 3 aromatic rings. The molecule has 6 rings (SSSR count). The van der Waals surface area contributed by atoms with Crippen LogP contribution in [0.25, 0.3) is 10.6 Å². The zero-order chi connectivity index (χ0) is 29.4. The predicted molar refractivity (Wildman–Crippen MR) is 161 cm³/mol. The van der Waals surface area contributed by atoms with Crippen LogP contribution in [0.3, 0.4) is 0 Å². The summed E-state index contributed by atoms with van der Waals surface area (Å²) >= 11 is 1.59. The third-order valence-corrected chi connectivity index (χ3v) is 10.5. The van der Waals surface area contributed by atoms with Crippen LogP contribution in [0, 0.1) is 11.6 Å². The zero-order valence-electron chi connectivity index (χ0n) is 24.3. The fourth-order valence-corrected chi connectivity index (χ4v) is 7.93. The molecule has 2 amide bonds. The number of aromatic amines is 1. The van der Waals surface area contributed by atoms with Crippen molar-refractivity contribution in [3.63, 3.8) is 0 Å². The molecule has 4 heterocycles. The van der Waals surface area contributed by atoms with Gasteiger partial charge in [-0.15, -0.1) is 11.3 Å². The van der Waals surface area contributed by atoms with Gasteiger partial charge in [-0.1, -0.05) is 18.9 Å². The first-order valence-corrected chi connectivity index (χ1v) is 15.8. The van der Waals surface area contributed by atoms with E-state index in [0.717, 1.165) is 60.4 Å². The maximum Gasteiger partial charge on any atom is 0.320 e. The number of halogens is 2. The summed E-state index contributed by atoms with van der Waals surface area (Å²) in [5.41, 5.74) is 1.62. The Morgan fingerprint density at radius 3 is 2.64 bits per heavy atom. The number of rotatable bonds is 5. The van der Waals surface area contributed by atoms with Crippen LogP contribution < -0.4 is 5.43 Å². The van der Waals surface area contributed by atoms with Gasteiger partial charge in [0, 0.05) is 67.7 Å². The van der Waals surface area contributed by atoms with Crippen molar-refractivity contribution in [1.82, 2.24) is 24.6 Å². The quantitative estimate of drug-likeness (QED) is 0.411. The summed E-state index contributed by atoms with van der Waals surface area (Å²) in [7, 11) is 3.98. The second kappa shape index (κ2) is 11.9. The number of nitrogens with zero attached hydrogens (tertiary/aromatic N) is 4. The number of nitrogens with one attached hydrogen (secondary N) is 1. The maximum atomic E-state index is 15.0. The lowest BCUT2D eigenvalue weighted by molar-refractivity contribution is -0.00414. The highest BCUT2D eigenvalue weighted by Gasteiger charge is 2.46. The van der Waals surface area contributed by atoms with Crippen molar-refractivity contribution in [3.05, 3.63) is 81.0 Å². The number of pyridine rings is 1. The van der Waals surface area contributed by atoms with Crippen LogP contribution in [0.15, 0.2) is 52.8 Å². The second-order valence-electron chi connectivity index (χ2n) is 12.3. The Labute approximate surface area is 249 Å². The molecule has 1 aliphatic carbocycles. The standard InChI is InChI=1S/C32H39F2N5O2S/c1-36(2)24-9-12-39(28(17-24)25-16-23(33)7-8-26(25)34)31(41)37-13-14-38(32(21-37)10-3-4-11-32)20-22-19-35-27(18-29(22)40)30-6-5-15-42-30/h5-8,15-16,18-19,24,28H,3-4,9-14,17,20-21H2,1-2H3,(H,35,40)/t24-,28+/m1/s1. The van der Waals surface area contributed by atoms with Crippen LogP contribution in [-0.4, -0.2) is 82.5 Å². The first-order valence-electron chi connectivity index (χ1n) is 14.9. The van der Waals surface area contributed by atoms with Crippen molar-refractivity contribution in [3.8, 4) is 10.6 Å². The van der Waals surface area contributed by atoms with E-state index in [1.165, 1.54) is 6.07 Å². The molecule has 0 radical (unpaired) electrons. The van der Waals surface area contributed by atoms with Crippen molar-refractivity contribution in [2.24, 2.45) is 0 Å². The van der Waals surface area contributed by atoms with E-state index in [9.17, 15) is 14.0 Å². The fourth-order valence-electron chi connectivity index (χ4n) is 7.23. The number of thiophene rings is 1. The Hall–Kier alpha value is -3.08. The highest BCUT2D eigenvalue weighted by atomic mass is 32.1. The summed E-state index contributed by atoms with van der Waals surface area (Å²) in [5.74, 6) is -0.978. The molecule has 0 bridgehead atoms. The van der Waals surface area contributed by atoms with Gasteiger partial charge in [0.2, 0.25) is 0 Å². The van der Waals surface area contributed by atoms with Gasteiger partial charge in [-0.2, -0.15) is 0 Å². The Bertz CT molecular complexity index is 1470. The average Bonchev–Trinajstić information content (AvgIpc) is 3.69. The number of hydrogen-bond acceptors (Lipinski definition) is 5. The number of carbonyl (C=O) groups excluding carboxylic acids is 1. The molecule has 1 saturated carbocycles. The molecule has 224 valence electrons. The minimum absolute atomic E-state index is 0.0209. The number of aromatic nitrogens is 1. The number of likely N-dealkylation sites (tertiary alicyclic amines) is 1. The van der Waals surface area contributed by atoms with E-state index in [1.807, 2.05) is 42.7 Å². The molecule has 0 unspecified atom stereocenters. The fraction of sp³-hybridized carbons (Fsp3) is 0.500.